The second kappa shape index (κ2) is 7.76. The summed E-state index contributed by atoms with van der Waals surface area (Å²) >= 11 is 0. The fourth-order valence-electron chi connectivity index (χ4n) is 2.68. The smallest absolute Gasteiger partial charge is 0.326 e. The zero-order valence-electron chi connectivity index (χ0n) is 13.2. The van der Waals surface area contributed by atoms with Crippen LogP contribution in [0.25, 0.3) is 0 Å². The summed E-state index contributed by atoms with van der Waals surface area (Å²) in [5.41, 5.74) is 2.16. The first-order chi connectivity index (χ1) is 11.0. The molecule has 2 amide bonds. The lowest BCUT2D eigenvalue weighted by atomic mass is 10.1. The summed E-state index contributed by atoms with van der Waals surface area (Å²) in [4.78, 5) is 36.3. The van der Waals surface area contributed by atoms with Crippen LogP contribution in [0.4, 0.5) is 0 Å². The fraction of sp³-hybridized carbons (Fsp3) is 0.471. The highest BCUT2D eigenvalue weighted by atomic mass is 16.4. The van der Waals surface area contributed by atoms with Crippen molar-refractivity contribution in [3.63, 3.8) is 0 Å². The third-order valence-electron chi connectivity index (χ3n) is 4.03. The normalized spacial score (nSPS) is 17.1. The number of hydrogen-bond donors (Lipinski definition) is 2. The van der Waals surface area contributed by atoms with Gasteiger partial charge in [-0.1, -0.05) is 29.8 Å². The van der Waals surface area contributed by atoms with E-state index in [9.17, 15) is 14.4 Å². The summed E-state index contributed by atoms with van der Waals surface area (Å²) in [6.45, 7) is 2.88. The molecule has 1 unspecified atom stereocenters. The van der Waals surface area contributed by atoms with Crippen LogP contribution < -0.4 is 5.32 Å². The van der Waals surface area contributed by atoms with E-state index in [1.165, 1.54) is 4.90 Å². The Bertz CT molecular complexity index is 583. The number of nitrogens with one attached hydrogen (secondary N) is 1. The number of carbonyl (C=O) groups is 3. The van der Waals surface area contributed by atoms with Crippen LogP contribution in [0.1, 0.15) is 36.8 Å². The van der Waals surface area contributed by atoms with Gasteiger partial charge in [0.1, 0.15) is 6.04 Å². The molecule has 2 N–H and O–H groups in total. The first kappa shape index (κ1) is 17.0. The Morgan fingerprint density at radius 2 is 1.91 bits per heavy atom. The maximum absolute atomic E-state index is 12.1. The average molecular weight is 318 g/mol. The van der Waals surface area contributed by atoms with Crippen LogP contribution in [-0.4, -0.2) is 40.4 Å². The van der Waals surface area contributed by atoms with E-state index >= 15 is 0 Å². The molecule has 0 spiro atoms. The third kappa shape index (κ3) is 4.81. The van der Waals surface area contributed by atoms with Gasteiger partial charge in [-0.25, -0.2) is 4.79 Å². The predicted molar refractivity (Wildman–Crippen MR) is 84.6 cm³/mol. The minimum absolute atomic E-state index is 0.0451. The second-order valence-corrected chi connectivity index (χ2v) is 5.85. The Kier molecular flexibility index (Phi) is 5.73. The van der Waals surface area contributed by atoms with E-state index in [2.05, 4.69) is 5.32 Å². The maximum atomic E-state index is 12.1. The molecule has 1 atom stereocenters. The van der Waals surface area contributed by atoms with Crippen molar-refractivity contribution < 1.29 is 19.5 Å². The van der Waals surface area contributed by atoms with Crippen LogP contribution in [0.3, 0.4) is 0 Å². The van der Waals surface area contributed by atoms with E-state index in [0.717, 1.165) is 11.1 Å². The number of rotatable bonds is 6. The summed E-state index contributed by atoms with van der Waals surface area (Å²) in [5.74, 6) is -1.44. The third-order valence-corrected chi connectivity index (χ3v) is 4.03. The molecular weight excluding hydrogens is 296 g/mol. The lowest BCUT2D eigenvalue weighted by Gasteiger charge is -2.21. The SMILES string of the molecule is Cc1ccc(CNC(=O)CCC(=O)N2CCCC2C(=O)O)cc1. The fourth-order valence-corrected chi connectivity index (χ4v) is 2.68. The largest absolute Gasteiger partial charge is 0.480 e. The molecule has 1 heterocycles. The molecule has 1 aliphatic heterocycles. The zero-order valence-corrected chi connectivity index (χ0v) is 13.2. The molecular formula is C17H22N2O4. The highest BCUT2D eigenvalue weighted by Crippen LogP contribution is 2.18. The van der Waals surface area contributed by atoms with Gasteiger partial charge in [0.2, 0.25) is 11.8 Å². The number of carbonyl (C=O) groups excluding carboxylic acids is 2. The molecule has 1 aromatic rings. The van der Waals surface area contributed by atoms with Crippen molar-refractivity contribution >= 4 is 17.8 Å². The number of likely N-dealkylation sites (tertiary alicyclic amines) is 1. The summed E-state index contributed by atoms with van der Waals surface area (Å²) in [6.07, 6.45) is 1.31. The van der Waals surface area contributed by atoms with E-state index in [1.54, 1.807) is 0 Å². The first-order valence-electron chi connectivity index (χ1n) is 7.82. The molecule has 0 bridgehead atoms. The molecule has 6 heteroatoms. The van der Waals surface area contributed by atoms with Crippen molar-refractivity contribution in [2.24, 2.45) is 0 Å². The number of benzene rings is 1. The Morgan fingerprint density at radius 1 is 1.22 bits per heavy atom. The Morgan fingerprint density at radius 3 is 2.57 bits per heavy atom. The molecule has 0 aromatic heterocycles. The van der Waals surface area contributed by atoms with E-state index < -0.39 is 12.0 Å². The van der Waals surface area contributed by atoms with Crippen LogP contribution in [0.2, 0.25) is 0 Å². The van der Waals surface area contributed by atoms with Gasteiger partial charge in [-0.3, -0.25) is 9.59 Å². The molecule has 1 aromatic carbocycles. The van der Waals surface area contributed by atoms with E-state index in [4.69, 9.17) is 5.11 Å². The average Bonchev–Trinajstić information content (AvgIpc) is 3.02. The molecule has 0 aliphatic carbocycles. The van der Waals surface area contributed by atoms with Crippen LogP contribution in [0.5, 0.6) is 0 Å². The van der Waals surface area contributed by atoms with Crippen LogP contribution in [-0.2, 0) is 20.9 Å². The van der Waals surface area contributed by atoms with Gasteiger partial charge in [-0.2, -0.15) is 0 Å². The van der Waals surface area contributed by atoms with E-state index in [0.29, 0.717) is 25.9 Å². The molecule has 1 saturated heterocycles. The van der Waals surface area contributed by atoms with Crippen LogP contribution in [0, 0.1) is 6.92 Å². The van der Waals surface area contributed by atoms with Crippen molar-refractivity contribution in [1.29, 1.82) is 0 Å². The number of hydrogen-bond acceptors (Lipinski definition) is 3. The van der Waals surface area contributed by atoms with Crippen molar-refractivity contribution in [3.8, 4) is 0 Å². The van der Waals surface area contributed by atoms with Gasteiger partial charge < -0.3 is 15.3 Å². The van der Waals surface area contributed by atoms with Crippen LogP contribution in [0.15, 0.2) is 24.3 Å². The molecule has 1 fully saturated rings. The standard InChI is InChI=1S/C17H22N2O4/c1-12-4-6-13(7-5-12)11-18-15(20)8-9-16(21)19-10-2-3-14(19)17(22)23/h4-7,14H,2-3,8-11H2,1H3,(H,18,20)(H,22,23). The zero-order chi connectivity index (χ0) is 16.8. The molecule has 1 aliphatic rings. The van der Waals surface area contributed by atoms with Gasteiger partial charge in [-0.05, 0) is 25.3 Å². The molecule has 23 heavy (non-hydrogen) atoms. The van der Waals surface area contributed by atoms with Gasteiger partial charge in [0.15, 0.2) is 0 Å². The minimum atomic E-state index is -0.973. The number of carboxylic acids is 1. The van der Waals surface area contributed by atoms with Gasteiger partial charge in [-0.15, -0.1) is 0 Å². The van der Waals surface area contributed by atoms with E-state index in [-0.39, 0.29) is 24.7 Å². The number of carboxylic acid groups (broad SMARTS) is 1. The number of nitrogens with zero attached hydrogens (tertiary/aromatic N) is 1. The van der Waals surface area contributed by atoms with Crippen molar-refractivity contribution in [3.05, 3.63) is 35.4 Å². The monoisotopic (exact) mass is 318 g/mol. The highest BCUT2D eigenvalue weighted by Gasteiger charge is 2.33. The molecule has 0 radical (unpaired) electrons. The van der Waals surface area contributed by atoms with Gasteiger partial charge in [0.05, 0.1) is 0 Å². The topological polar surface area (TPSA) is 86.7 Å². The summed E-state index contributed by atoms with van der Waals surface area (Å²) in [6, 6.07) is 7.11. The maximum Gasteiger partial charge on any atom is 0.326 e. The number of aliphatic carboxylic acids is 1. The number of amides is 2. The van der Waals surface area contributed by atoms with Crippen molar-refractivity contribution in [2.45, 2.75) is 45.2 Å². The van der Waals surface area contributed by atoms with E-state index in [1.807, 2.05) is 31.2 Å². The summed E-state index contributed by atoms with van der Waals surface area (Å²) < 4.78 is 0. The van der Waals surface area contributed by atoms with Gasteiger partial charge >= 0.3 is 5.97 Å². The van der Waals surface area contributed by atoms with Crippen LogP contribution >= 0.6 is 0 Å². The summed E-state index contributed by atoms with van der Waals surface area (Å²) in [7, 11) is 0. The first-order valence-corrected chi connectivity index (χ1v) is 7.82. The Hall–Kier alpha value is -2.37. The van der Waals surface area contributed by atoms with Gasteiger partial charge in [0.25, 0.3) is 0 Å². The quantitative estimate of drug-likeness (QED) is 0.831. The lowest BCUT2D eigenvalue weighted by Crippen LogP contribution is -2.40. The highest BCUT2D eigenvalue weighted by molar-refractivity contribution is 5.87. The lowest BCUT2D eigenvalue weighted by molar-refractivity contribution is -0.148. The Labute approximate surface area is 135 Å². The Balaban J connectivity index is 1.74. The van der Waals surface area contributed by atoms with Crippen molar-refractivity contribution in [2.75, 3.05) is 6.54 Å². The molecule has 0 saturated carbocycles. The molecule has 6 nitrogen and oxygen atoms in total. The number of aryl methyl sites for hydroxylation is 1. The summed E-state index contributed by atoms with van der Waals surface area (Å²) in [5, 5.41) is 11.8. The minimum Gasteiger partial charge on any atom is -0.480 e. The predicted octanol–water partition coefficient (Wildman–Crippen LogP) is 1.47. The molecule has 2 rings (SSSR count). The van der Waals surface area contributed by atoms with Crippen molar-refractivity contribution in [1.82, 2.24) is 10.2 Å². The molecule has 124 valence electrons. The van der Waals surface area contributed by atoms with Gasteiger partial charge in [0, 0.05) is 25.9 Å². The second-order valence-electron chi connectivity index (χ2n) is 5.85.